The molecule has 3 aromatic rings. The van der Waals surface area contributed by atoms with Gasteiger partial charge in [0.05, 0.1) is 24.4 Å². The second-order valence-corrected chi connectivity index (χ2v) is 8.81. The number of likely N-dealkylation sites (tertiary alicyclic amines) is 1. The van der Waals surface area contributed by atoms with Crippen molar-refractivity contribution in [2.24, 2.45) is 0 Å². The lowest BCUT2D eigenvalue weighted by Gasteiger charge is -2.35. The van der Waals surface area contributed by atoms with Gasteiger partial charge in [0, 0.05) is 32.4 Å². The maximum Gasteiger partial charge on any atom is 0.256 e. The molecule has 0 N–H and O–H groups in total. The van der Waals surface area contributed by atoms with E-state index in [4.69, 9.17) is 9.72 Å². The summed E-state index contributed by atoms with van der Waals surface area (Å²) >= 11 is 0. The maximum atomic E-state index is 12.4. The van der Waals surface area contributed by atoms with Gasteiger partial charge in [-0.2, -0.15) is 0 Å². The number of aromatic nitrogens is 2. The number of carbonyl (C=O) groups is 1. The van der Waals surface area contributed by atoms with Crippen molar-refractivity contribution in [3.05, 3.63) is 77.4 Å². The smallest absolute Gasteiger partial charge is 0.256 e. The van der Waals surface area contributed by atoms with Crippen molar-refractivity contribution in [1.29, 1.82) is 0 Å². The third-order valence-electron chi connectivity index (χ3n) is 6.30. The summed E-state index contributed by atoms with van der Waals surface area (Å²) in [6.45, 7) is 3.75. The molecule has 1 aliphatic heterocycles. The van der Waals surface area contributed by atoms with E-state index in [9.17, 15) is 4.79 Å². The predicted octanol–water partition coefficient (Wildman–Crippen LogP) is 4.89. The lowest BCUT2D eigenvalue weighted by molar-refractivity contribution is 0.0825. The first-order valence-electron chi connectivity index (χ1n) is 11.5. The summed E-state index contributed by atoms with van der Waals surface area (Å²) in [6, 6.07) is 17.0. The van der Waals surface area contributed by atoms with E-state index in [-0.39, 0.29) is 11.9 Å². The minimum Gasteiger partial charge on any atom is -0.496 e. The molecule has 33 heavy (non-hydrogen) atoms. The van der Waals surface area contributed by atoms with Crippen LogP contribution in [0.15, 0.2) is 54.7 Å². The summed E-state index contributed by atoms with van der Waals surface area (Å²) in [7, 11) is 5.20. The third-order valence-corrected chi connectivity index (χ3v) is 6.30. The van der Waals surface area contributed by atoms with Gasteiger partial charge in [0.2, 0.25) is 0 Å². The highest BCUT2D eigenvalue weighted by Gasteiger charge is 2.27. The van der Waals surface area contributed by atoms with Gasteiger partial charge >= 0.3 is 0 Å². The van der Waals surface area contributed by atoms with Crippen molar-refractivity contribution in [3.63, 3.8) is 0 Å². The number of piperidine rings is 1. The molecule has 1 saturated heterocycles. The Balaban J connectivity index is 1.52. The Morgan fingerprint density at radius 3 is 2.58 bits per heavy atom. The fourth-order valence-electron chi connectivity index (χ4n) is 4.48. The number of carbonyl (C=O) groups excluding carboxylic acids is 1. The fraction of sp³-hybridized carbons (Fsp3) is 0.370. The van der Waals surface area contributed by atoms with Crippen LogP contribution < -0.4 is 4.74 Å². The van der Waals surface area contributed by atoms with Crippen LogP contribution in [0.4, 0.5) is 0 Å². The van der Waals surface area contributed by atoms with E-state index >= 15 is 0 Å². The zero-order valence-corrected chi connectivity index (χ0v) is 19.9. The van der Waals surface area contributed by atoms with Crippen LogP contribution >= 0.6 is 0 Å². The molecule has 4 rings (SSSR count). The molecular formula is C27H32N4O2. The van der Waals surface area contributed by atoms with Gasteiger partial charge in [-0.3, -0.25) is 9.69 Å². The van der Waals surface area contributed by atoms with Gasteiger partial charge in [-0.05, 0) is 43.5 Å². The van der Waals surface area contributed by atoms with E-state index in [1.807, 2.05) is 25.1 Å². The van der Waals surface area contributed by atoms with Crippen molar-refractivity contribution in [2.75, 3.05) is 27.7 Å². The summed E-state index contributed by atoms with van der Waals surface area (Å²) < 4.78 is 5.51. The Kier molecular flexibility index (Phi) is 7.04. The molecule has 0 bridgehead atoms. The Morgan fingerprint density at radius 1 is 1.12 bits per heavy atom. The zero-order chi connectivity index (χ0) is 23.4. The summed E-state index contributed by atoms with van der Waals surface area (Å²) in [5, 5.41) is 0. The highest BCUT2D eigenvalue weighted by atomic mass is 16.5. The normalized spacial score (nSPS) is 16.4. The number of benzene rings is 2. The van der Waals surface area contributed by atoms with E-state index in [0.29, 0.717) is 5.56 Å². The third kappa shape index (κ3) is 5.06. The van der Waals surface area contributed by atoms with Gasteiger partial charge in [0.15, 0.2) is 0 Å². The summed E-state index contributed by atoms with van der Waals surface area (Å²) in [4.78, 5) is 25.7. The van der Waals surface area contributed by atoms with Gasteiger partial charge in [-0.25, -0.2) is 9.97 Å². The van der Waals surface area contributed by atoms with Crippen LogP contribution in [-0.2, 0) is 6.54 Å². The molecular weight excluding hydrogens is 412 g/mol. The number of methoxy groups -OCH3 is 1. The molecule has 0 aliphatic carbocycles. The van der Waals surface area contributed by atoms with Crippen molar-refractivity contribution in [1.82, 2.24) is 19.8 Å². The van der Waals surface area contributed by atoms with Crippen LogP contribution in [-0.4, -0.2) is 53.4 Å². The van der Waals surface area contributed by atoms with Crippen LogP contribution in [0.25, 0.3) is 11.1 Å². The molecule has 0 spiro atoms. The highest BCUT2D eigenvalue weighted by molar-refractivity contribution is 5.94. The molecule has 6 heteroatoms. The molecule has 1 amide bonds. The molecule has 1 atom stereocenters. The van der Waals surface area contributed by atoms with Gasteiger partial charge in [0.25, 0.3) is 5.91 Å². The SMILES string of the molecule is COc1ccccc1-c1ccc(CN2CCCC[C@H]2c2ncc(C(=O)N(C)C)c(C)n2)cc1. The lowest BCUT2D eigenvalue weighted by atomic mass is 9.99. The van der Waals surface area contributed by atoms with E-state index in [0.717, 1.165) is 54.3 Å². The van der Waals surface area contributed by atoms with E-state index in [1.165, 1.54) is 12.0 Å². The number of amides is 1. The molecule has 6 nitrogen and oxygen atoms in total. The predicted molar refractivity (Wildman–Crippen MR) is 130 cm³/mol. The number of hydrogen-bond acceptors (Lipinski definition) is 5. The van der Waals surface area contributed by atoms with Crippen LogP contribution in [0.3, 0.4) is 0 Å². The average Bonchev–Trinajstić information content (AvgIpc) is 2.84. The number of hydrogen-bond donors (Lipinski definition) is 0. The Hall–Kier alpha value is -3.25. The van der Waals surface area contributed by atoms with Gasteiger partial charge < -0.3 is 9.64 Å². The lowest BCUT2D eigenvalue weighted by Crippen LogP contribution is -2.34. The first-order valence-corrected chi connectivity index (χ1v) is 11.5. The molecule has 172 valence electrons. The number of ether oxygens (including phenoxy) is 1. The standard InChI is InChI=1S/C27H32N4O2/c1-19-23(27(32)30(2)3)17-28-26(29-19)24-10-7-8-16-31(24)18-20-12-14-21(15-13-20)22-9-5-6-11-25(22)33-4/h5-6,9,11-15,17,24H,7-8,10,16,18H2,1-4H3/t24-/m0/s1. The quantitative estimate of drug-likeness (QED) is 0.542. The molecule has 1 aliphatic rings. The minimum absolute atomic E-state index is 0.0605. The van der Waals surface area contributed by atoms with Crippen molar-refractivity contribution in [2.45, 2.75) is 38.8 Å². The summed E-state index contributed by atoms with van der Waals surface area (Å²) in [6.07, 6.45) is 5.05. The second kappa shape index (κ2) is 10.1. The zero-order valence-electron chi connectivity index (χ0n) is 19.9. The first kappa shape index (κ1) is 22.9. The van der Waals surface area contributed by atoms with Gasteiger partial charge in [0.1, 0.15) is 11.6 Å². The maximum absolute atomic E-state index is 12.4. The Morgan fingerprint density at radius 2 is 1.88 bits per heavy atom. The number of aryl methyl sites for hydroxylation is 1. The van der Waals surface area contributed by atoms with Crippen molar-refractivity contribution in [3.8, 4) is 16.9 Å². The average molecular weight is 445 g/mol. The summed E-state index contributed by atoms with van der Waals surface area (Å²) in [5.41, 5.74) is 4.81. The van der Waals surface area contributed by atoms with Gasteiger partial charge in [-0.1, -0.05) is 48.9 Å². The second-order valence-electron chi connectivity index (χ2n) is 8.81. The molecule has 0 saturated carbocycles. The molecule has 1 aromatic heterocycles. The van der Waals surface area contributed by atoms with Crippen molar-refractivity contribution < 1.29 is 9.53 Å². The number of para-hydroxylation sites is 1. The molecule has 0 radical (unpaired) electrons. The van der Waals surface area contributed by atoms with Crippen LogP contribution in [0.5, 0.6) is 5.75 Å². The van der Waals surface area contributed by atoms with E-state index in [1.54, 1.807) is 32.3 Å². The van der Waals surface area contributed by atoms with Gasteiger partial charge in [-0.15, -0.1) is 0 Å². The topological polar surface area (TPSA) is 58.6 Å². The summed E-state index contributed by atoms with van der Waals surface area (Å²) in [5.74, 6) is 1.63. The first-order chi connectivity index (χ1) is 16.0. The molecule has 2 heterocycles. The van der Waals surface area contributed by atoms with Crippen LogP contribution in [0.2, 0.25) is 0 Å². The van der Waals surface area contributed by atoms with Crippen molar-refractivity contribution >= 4 is 5.91 Å². The Labute approximate surface area is 196 Å². The minimum atomic E-state index is -0.0605. The van der Waals surface area contributed by atoms with Crippen LogP contribution in [0, 0.1) is 6.92 Å². The number of rotatable bonds is 6. The monoisotopic (exact) mass is 444 g/mol. The van der Waals surface area contributed by atoms with E-state index < -0.39 is 0 Å². The van der Waals surface area contributed by atoms with E-state index in [2.05, 4.69) is 40.2 Å². The fourth-order valence-corrected chi connectivity index (χ4v) is 4.48. The van der Waals surface area contributed by atoms with Crippen LogP contribution in [0.1, 0.15) is 52.7 Å². The number of nitrogens with zero attached hydrogens (tertiary/aromatic N) is 4. The molecule has 2 aromatic carbocycles. The largest absolute Gasteiger partial charge is 0.496 e. The highest BCUT2D eigenvalue weighted by Crippen LogP contribution is 2.32. The Bertz CT molecular complexity index is 1110. The molecule has 1 fully saturated rings. The molecule has 0 unspecified atom stereocenters.